The molecule has 0 aliphatic heterocycles. The molecule has 2 fully saturated rings. The van der Waals surface area contributed by atoms with Gasteiger partial charge in [0.05, 0.1) is 0 Å². The van der Waals surface area contributed by atoms with Gasteiger partial charge in [-0.2, -0.15) is 5.90 Å². The molecule has 1 aromatic rings. The van der Waals surface area contributed by atoms with Crippen LogP contribution < -0.4 is 10.7 Å². The Kier molecular flexibility index (Phi) is 2.90. The van der Waals surface area contributed by atoms with E-state index in [2.05, 4.69) is 19.1 Å². The highest BCUT2D eigenvalue weighted by molar-refractivity contribution is 5.87. The van der Waals surface area contributed by atoms with Crippen LogP contribution in [-0.2, 0) is 11.2 Å². The van der Waals surface area contributed by atoms with Gasteiger partial charge >= 0.3 is 0 Å². The maximum Gasteiger partial charge on any atom is 0.147 e. The first-order valence-corrected chi connectivity index (χ1v) is 8.16. The number of benzene rings is 1. The number of hydrogen-bond donors (Lipinski definition) is 1. The highest BCUT2D eigenvalue weighted by atomic mass is 16.6. The summed E-state index contributed by atoms with van der Waals surface area (Å²) in [5, 5.41) is 0. The average Bonchev–Trinajstić information content (AvgIpc) is 2.82. The molecule has 21 heavy (non-hydrogen) atoms. The summed E-state index contributed by atoms with van der Waals surface area (Å²) in [4.78, 5) is 17.2. The predicted molar refractivity (Wildman–Crippen MR) is 80.9 cm³/mol. The summed E-state index contributed by atoms with van der Waals surface area (Å²) < 4.78 is 0. The molecule has 3 aliphatic rings. The molecular formula is C18H23NO2. The van der Waals surface area contributed by atoms with Gasteiger partial charge in [0.25, 0.3) is 0 Å². The van der Waals surface area contributed by atoms with E-state index < -0.39 is 0 Å². The zero-order valence-electron chi connectivity index (χ0n) is 12.6. The summed E-state index contributed by atoms with van der Waals surface area (Å²) in [5.41, 5.74) is 2.85. The Morgan fingerprint density at radius 2 is 2.10 bits per heavy atom. The maximum absolute atomic E-state index is 12.3. The van der Waals surface area contributed by atoms with Crippen LogP contribution in [0.15, 0.2) is 18.2 Å². The van der Waals surface area contributed by atoms with Gasteiger partial charge in [-0.1, -0.05) is 13.0 Å². The van der Waals surface area contributed by atoms with Crippen LogP contribution in [0.4, 0.5) is 0 Å². The number of hydrogen-bond acceptors (Lipinski definition) is 3. The Morgan fingerprint density at radius 1 is 1.24 bits per heavy atom. The monoisotopic (exact) mass is 285 g/mol. The first-order valence-electron chi connectivity index (χ1n) is 8.16. The van der Waals surface area contributed by atoms with Gasteiger partial charge in [0.2, 0.25) is 0 Å². The van der Waals surface area contributed by atoms with Crippen LogP contribution in [0.2, 0.25) is 0 Å². The number of carbonyl (C=O) groups excluding carboxylic acids is 1. The lowest BCUT2D eigenvalue weighted by Gasteiger charge is -2.48. The van der Waals surface area contributed by atoms with Crippen molar-refractivity contribution >= 4 is 5.78 Å². The molecular weight excluding hydrogens is 262 g/mol. The summed E-state index contributed by atoms with van der Waals surface area (Å²) in [6.45, 7) is 2.23. The largest absolute Gasteiger partial charge is 0.412 e. The van der Waals surface area contributed by atoms with Crippen molar-refractivity contribution in [1.82, 2.24) is 0 Å². The van der Waals surface area contributed by atoms with Gasteiger partial charge in [-0.3, -0.25) is 4.79 Å². The first kappa shape index (κ1) is 13.3. The van der Waals surface area contributed by atoms with E-state index in [1.54, 1.807) is 0 Å². The zero-order chi connectivity index (χ0) is 14.6. The molecule has 0 radical (unpaired) electrons. The molecule has 3 aliphatic carbocycles. The van der Waals surface area contributed by atoms with Crippen LogP contribution in [0, 0.1) is 17.3 Å². The fraction of sp³-hybridized carbons (Fsp3) is 0.611. The van der Waals surface area contributed by atoms with Crippen molar-refractivity contribution in [2.75, 3.05) is 0 Å². The van der Waals surface area contributed by atoms with Crippen LogP contribution in [0.1, 0.15) is 56.1 Å². The third-order valence-electron chi connectivity index (χ3n) is 6.54. The number of nitrogens with two attached hydrogens (primary N) is 1. The van der Waals surface area contributed by atoms with Crippen molar-refractivity contribution in [1.29, 1.82) is 0 Å². The van der Waals surface area contributed by atoms with Gasteiger partial charge in [0, 0.05) is 11.8 Å². The minimum Gasteiger partial charge on any atom is -0.412 e. The average molecular weight is 285 g/mol. The van der Waals surface area contributed by atoms with Crippen molar-refractivity contribution in [3.63, 3.8) is 0 Å². The Morgan fingerprint density at radius 3 is 2.90 bits per heavy atom. The standard InChI is InChI=1S/C18H23NO2/c1-18-9-8-14-13-5-3-12(21-19)10-11(13)2-4-15(14)16(18)6-7-17(18)20/h3,5,10,14-16H,2,4,6-9,19H2,1H3. The van der Waals surface area contributed by atoms with E-state index in [-0.39, 0.29) is 5.41 Å². The van der Waals surface area contributed by atoms with Crippen LogP contribution in [0.3, 0.4) is 0 Å². The molecule has 0 saturated heterocycles. The first-order chi connectivity index (χ1) is 10.1. The van der Waals surface area contributed by atoms with Crippen molar-refractivity contribution in [3.05, 3.63) is 29.3 Å². The molecule has 4 unspecified atom stereocenters. The minimum absolute atomic E-state index is 0.0288. The number of ketones is 1. The molecule has 4 rings (SSSR count). The van der Waals surface area contributed by atoms with Gasteiger partial charge < -0.3 is 4.84 Å². The lowest BCUT2D eigenvalue weighted by atomic mass is 9.55. The van der Waals surface area contributed by atoms with Crippen molar-refractivity contribution < 1.29 is 9.63 Å². The second-order valence-corrected chi connectivity index (χ2v) is 7.31. The van der Waals surface area contributed by atoms with E-state index in [0.717, 1.165) is 37.9 Å². The molecule has 0 spiro atoms. The van der Waals surface area contributed by atoms with Gasteiger partial charge in [-0.15, -0.1) is 0 Å². The number of aryl methyl sites for hydroxylation is 1. The normalized spacial score (nSPS) is 37.6. The fourth-order valence-electron chi connectivity index (χ4n) is 5.40. The van der Waals surface area contributed by atoms with Crippen molar-refractivity contribution in [2.24, 2.45) is 23.1 Å². The second-order valence-electron chi connectivity index (χ2n) is 7.31. The minimum atomic E-state index is -0.0288. The van der Waals surface area contributed by atoms with Crippen LogP contribution in [-0.4, -0.2) is 5.78 Å². The highest BCUT2D eigenvalue weighted by Gasteiger charge is 2.54. The lowest BCUT2D eigenvalue weighted by Crippen LogP contribution is -2.42. The molecule has 2 saturated carbocycles. The summed E-state index contributed by atoms with van der Waals surface area (Å²) in [6, 6.07) is 6.28. The van der Waals surface area contributed by atoms with Gasteiger partial charge in [0.1, 0.15) is 11.5 Å². The molecule has 0 bridgehead atoms. The number of fused-ring (bicyclic) bond motifs is 5. The van der Waals surface area contributed by atoms with E-state index in [9.17, 15) is 4.79 Å². The van der Waals surface area contributed by atoms with E-state index in [1.807, 2.05) is 6.07 Å². The lowest BCUT2D eigenvalue weighted by molar-refractivity contribution is -0.129. The second kappa shape index (κ2) is 4.57. The number of carbonyl (C=O) groups is 1. The molecule has 4 atom stereocenters. The third-order valence-corrected chi connectivity index (χ3v) is 6.54. The highest BCUT2D eigenvalue weighted by Crippen LogP contribution is 2.59. The fourth-order valence-corrected chi connectivity index (χ4v) is 5.40. The van der Waals surface area contributed by atoms with Crippen LogP contribution >= 0.6 is 0 Å². The van der Waals surface area contributed by atoms with E-state index in [0.29, 0.717) is 23.5 Å². The molecule has 3 nitrogen and oxygen atoms in total. The maximum atomic E-state index is 12.3. The Bertz CT molecular complexity index is 597. The van der Waals surface area contributed by atoms with Gasteiger partial charge in [-0.25, -0.2) is 0 Å². The molecule has 0 amide bonds. The summed E-state index contributed by atoms with van der Waals surface area (Å²) in [5.74, 6) is 8.47. The SMILES string of the molecule is CC12CCC3c4ccc(ON)cc4CCC3C1CCC2=O. The number of rotatable bonds is 1. The molecule has 0 heterocycles. The molecule has 2 N–H and O–H groups in total. The van der Waals surface area contributed by atoms with Crippen LogP contribution in [0.25, 0.3) is 0 Å². The van der Waals surface area contributed by atoms with Gasteiger partial charge in [0.15, 0.2) is 0 Å². The smallest absolute Gasteiger partial charge is 0.147 e. The Labute approximate surface area is 125 Å². The van der Waals surface area contributed by atoms with Crippen molar-refractivity contribution in [2.45, 2.75) is 51.4 Å². The zero-order valence-corrected chi connectivity index (χ0v) is 12.6. The molecule has 112 valence electrons. The molecule has 0 aromatic heterocycles. The van der Waals surface area contributed by atoms with Gasteiger partial charge in [-0.05, 0) is 73.1 Å². The summed E-state index contributed by atoms with van der Waals surface area (Å²) in [6.07, 6.45) is 6.42. The third kappa shape index (κ3) is 1.80. The van der Waals surface area contributed by atoms with Crippen LogP contribution in [0.5, 0.6) is 5.75 Å². The van der Waals surface area contributed by atoms with Crippen molar-refractivity contribution in [3.8, 4) is 5.75 Å². The molecule has 1 aromatic carbocycles. The number of Topliss-reactive ketones (excluding diaryl/α,β-unsaturated/α-hetero) is 1. The van der Waals surface area contributed by atoms with E-state index in [4.69, 9.17) is 10.7 Å². The molecule has 3 heteroatoms. The topological polar surface area (TPSA) is 52.3 Å². The quantitative estimate of drug-likeness (QED) is 0.805. The summed E-state index contributed by atoms with van der Waals surface area (Å²) >= 11 is 0. The summed E-state index contributed by atoms with van der Waals surface area (Å²) in [7, 11) is 0. The Balaban J connectivity index is 1.70. The van der Waals surface area contributed by atoms with E-state index >= 15 is 0 Å². The predicted octanol–water partition coefficient (Wildman–Crippen LogP) is 3.36. The van der Waals surface area contributed by atoms with E-state index in [1.165, 1.54) is 17.5 Å². The Hall–Kier alpha value is -1.35.